The second-order valence-electron chi connectivity index (χ2n) is 7.55. The molecule has 1 aliphatic heterocycles. The molecule has 1 fully saturated rings. The third-order valence-electron chi connectivity index (χ3n) is 5.21. The lowest BCUT2D eigenvalue weighted by Crippen LogP contribution is -2.54. The van der Waals surface area contributed by atoms with Gasteiger partial charge in [0.15, 0.2) is 6.17 Å². The Balaban J connectivity index is 1.86. The van der Waals surface area contributed by atoms with E-state index in [9.17, 15) is 22.4 Å². The van der Waals surface area contributed by atoms with Gasteiger partial charge in [-0.15, -0.1) is 0 Å². The highest BCUT2D eigenvalue weighted by molar-refractivity contribution is 7.89. The quantitative estimate of drug-likeness (QED) is 0.616. The van der Waals surface area contributed by atoms with Crippen LogP contribution in [0.15, 0.2) is 48.5 Å². The van der Waals surface area contributed by atoms with Crippen LogP contribution in [0.5, 0.6) is 0 Å². The first-order chi connectivity index (χ1) is 15.3. The molecule has 1 heterocycles. The van der Waals surface area contributed by atoms with Crippen LogP contribution in [0.2, 0.25) is 0 Å². The third-order valence-corrected chi connectivity index (χ3v) is 7.23. The Morgan fingerprint density at radius 3 is 2.53 bits per heavy atom. The standard InChI is InChI=1S/C22H27FN4O4S/c1-2-11-32(30,31)27-10-9-26(22(29)18-7-4-8-19(23)13-18)21(27)20(28)25-15-17-6-3-5-16(12-17)14-24/h3-8,12-13,21H,2,9-11,14-15,24H2,1H3,(H,25,28). The van der Waals surface area contributed by atoms with E-state index >= 15 is 0 Å². The van der Waals surface area contributed by atoms with Crippen molar-refractivity contribution in [2.45, 2.75) is 32.6 Å². The van der Waals surface area contributed by atoms with Crippen molar-refractivity contribution >= 4 is 21.8 Å². The van der Waals surface area contributed by atoms with Crippen molar-refractivity contribution in [1.29, 1.82) is 0 Å². The topological polar surface area (TPSA) is 113 Å². The van der Waals surface area contributed by atoms with Crippen LogP contribution >= 0.6 is 0 Å². The minimum absolute atomic E-state index is 0.00979. The van der Waals surface area contributed by atoms with E-state index in [4.69, 9.17) is 5.73 Å². The lowest BCUT2D eigenvalue weighted by Gasteiger charge is -2.28. The number of nitrogens with two attached hydrogens (primary N) is 1. The Morgan fingerprint density at radius 1 is 1.12 bits per heavy atom. The van der Waals surface area contributed by atoms with E-state index in [1.165, 1.54) is 23.1 Å². The van der Waals surface area contributed by atoms with Crippen molar-refractivity contribution < 1.29 is 22.4 Å². The molecule has 10 heteroatoms. The molecule has 1 saturated heterocycles. The number of hydrogen-bond donors (Lipinski definition) is 2. The predicted octanol–water partition coefficient (Wildman–Crippen LogP) is 1.42. The summed E-state index contributed by atoms with van der Waals surface area (Å²) in [5, 5.41) is 2.73. The number of carbonyl (C=O) groups excluding carboxylic acids is 2. The van der Waals surface area contributed by atoms with Crippen LogP contribution in [0, 0.1) is 5.82 Å². The number of amides is 2. The summed E-state index contributed by atoms with van der Waals surface area (Å²) in [6, 6.07) is 12.4. The zero-order valence-corrected chi connectivity index (χ0v) is 18.6. The van der Waals surface area contributed by atoms with Gasteiger partial charge in [-0.1, -0.05) is 37.3 Å². The van der Waals surface area contributed by atoms with E-state index in [1.54, 1.807) is 6.92 Å². The lowest BCUT2D eigenvalue weighted by atomic mass is 10.1. The van der Waals surface area contributed by atoms with Crippen molar-refractivity contribution in [2.75, 3.05) is 18.8 Å². The maximum absolute atomic E-state index is 13.6. The summed E-state index contributed by atoms with van der Waals surface area (Å²) < 4.78 is 40.3. The summed E-state index contributed by atoms with van der Waals surface area (Å²) in [6.45, 7) is 2.24. The fourth-order valence-corrected chi connectivity index (χ4v) is 5.32. The molecule has 2 aromatic carbocycles. The van der Waals surface area contributed by atoms with E-state index in [0.29, 0.717) is 13.0 Å². The van der Waals surface area contributed by atoms with Gasteiger partial charge in [0.25, 0.3) is 11.8 Å². The third kappa shape index (κ3) is 5.32. The van der Waals surface area contributed by atoms with Crippen molar-refractivity contribution in [2.24, 2.45) is 5.73 Å². The van der Waals surface area contributed by atoms with E-state index in [1.807, 2.05) is 24.3 Å². The molecule has 3 rings (SSSR count). The number of benzene rings is 2. The summed E-state index contributed by atoms with van der Waals surface area (Å²) in [7, 11) is -3.77. The zero-order chi connectivity index (χ0) is 23.3. The van der Waals surface area contributed by atoms with Gasteiger partial charge in [0.2, 0.25) is 10.0 Å². The average Bonchev–Trinajstić information content (AvgIpc) is 3.23. The second kappa shape index (κ2) is 10.2. The van der Waals surface area contributed by atoms with Crippen LogP contribution in [0.3, 0.4) is 0 Å². The summed E-state index contributed by atoms with van der Waals surface area (Å²) >= 11 is 0. The largest absolute Gasteiger partial charge is 0.349 e. The number of rotatable bonds is 8. The van der Waals surface area contributed by atoms with Crippen LogP contribution in [0.4, 0.5) is 4.39 Å². The van der Waals surface area contributed by atoms with Crippen LogP contribution in [-0.2, 0) is 27.9 Å². The molecule has 8 nitrogen and oxygen atoms in total. The fraction of sp³-hybridized carbons (Fsp3) is 0.364. The summed E-state index contributed by atoms with van der Waals surface area (Å²) in [5.41, 5.74) is 7.40. The smallest absolute Gasteiger partial charge is 0.259 e. The number of carbonyl (C=O) groups is 2. The second-order valence-corrected chi connectivity index (χ2v) is 9.59. The zero-order valence-electron chi connectivity index (χ0n) is 17.8. The van der Waals surface area contributed by atoms with Gasteiger partial charge in [0.05, 0.1) is 5.75 Å². The number of halogens is 1. The molecule has 0 radical (unpaired) electrons. The van der Waals surface area contributed by atoms with Crippen molar-refractivity contribution in [3.8, 4) is 0 Å². The Morgan fingerprint density at radius 2 is 1.84 bits per heavy atom. The molecule has 2 aromatic rings. The highest BCUT2D eigenvalue weighted by Gasteiger charge is 2.45. The summed E-state index contributed by atoms with van der Waals surface area (Å²) in [5.74, 6) is -1.96. The van der Waals surface area contributed by atoms with Crippen molar-refractivity contribution in [3.63, 3.8) is 0 Å². The van der Waals surface area contributed by atoms with Gasteiger partial charge in [-0.2, -0.15) is 4.31 Å². The van der Waals surface area contributed by atoms with E-state index in [0.717, 1.165) is 21.5 Å². The molecule has 3 N–H and O–H groups in total. The molecule has 1 unspecified atom stereocenters. The lowest BCUT2D eigenvalue weighted by molar-refractivity contribution is -0.127. The van der Waals surface area contributed by atoms with Gasteiger partial charge in [0.1, 0.15) is 5.82 Å². The number of hydrogen-bond acceptors (Lipinski definition) is 5. The Kier molecular flexibility index (Phi) is 7.60. The molecular formula is C22H27FN4O4S. The molecule has 0 saturated carbocycles. The fourth-order valence-electron chi connectivity index (χ4n) is 3.69. The van der Waals surface area contributed by atoms with Gasteiger partial charge in [0, 0.05) is 31.7 Å². The van der Waals surface area contributed by atoms with Gasteiger partial charge in [-0.25, -0.2) is 12.8 Å². The number of nitrogens with one attached hydrogen (secondary N) is 1. The van der Waals surface area contributed by atoms with Crippen LogP contribution in [0.1, 0.15) is 34.8 Å². The van der Waals surface area contributed by atoms with Gasteiger partial charge in [-0.3, -0.25) is 9.59 Å². The van der Waals surface area contributed by atoms with Gasteiger partial charge in [-0.05, 0) is 35.7 Å². The first-order valence-corrected chi connectivity index (χ1v) is 12.0. The van der Waals surface area contributed by atoms with Gasteiger partial charge < -0.3 is 16.0 Å². The molecule has 172 valence electrons. The minimum atomic E-state index is -3.77. The Labute approximate surface area is 187 Å². The number of sulfonamides is 1. The van der Waals surface area contributed by atoms with Crippen LogP contribution < -0.4 is 11.1 Å². The molecule has 0 bridgehead atoms. The first kappa shape index (κ1) is 23.8. The molecular weight excluding hydrogens is 435 g/mol. The Hall–Kier alpha value is -2.82. The van der Waals surface area contributed by atoms with Crippen molar-refractivity contribution in [1.82, 2.24) is 14.5 Å². The maximum atomic E-state index is 13.6. The highest BCUT2D eigenvalue weighted by Crippen LogP contribution is 2.23. The minimum Gasteiger partial charge on any atom is -0.349 e. The van der Waals surface area contributed by atoms with Crippen LogP contribution in [0.25, 0.3) is 0 Å². The molecule has 2 amide bonds. The van der Waals surface area contributed by atoms with Crippen molar-refractivity contribution in [3.05, 3.63) is 71.0 Å². The maximum Gasteiger partial charge on any atom is 0.259 e. The SMILES string of the molecule is CCCS(=O)(=O)N1CCN(C(=O)c2cccc(F)c2)C1C(=O)NCc1cccc(CN)c1. The summed E-state index contributed by atoms with van der Waals surface area (Å²) in [6.07, 6.45) is -0.975. The van der Waals surface area contributed by atoms with E-state index < -0.39 is 33.8 Å². The molecule has 0 aromatic heterocycles. The molecule has 1 aliphatic rings. The average molecular weight is 463 g/mol. The molecule has 0 aliphatic carbocycles. The normalized spacial score (nSPS) is 16.8. The van der Waals surface area contributed by atoms with Crippen LogP contribution in [-0.4, -0.2) is 54.4 Å². The Bertz CT molecular complexity index is 1090. The molecule has 0 spiro atoms. The molecule has 32 heavy (non-hydrogen) atoms. The summed E-state index contributed by atoms with van der Waals surface area (Å²) in [4.78, 5) is 27.4. The van der Waals surface area contributed by atoms with E-state index in [-0.39, 0.29) is 31.0 Å². The first-order valence-electron chi connectivity index (χ1n) is 10.4. The number of nitrogens with zero attached hydrogens (tertiary/aromatic N) is 2. The molecule has 1 atom stereocenters. The van der Waals surface area contributed by atoms with E-state index in [2.05, 4.69) is 5.32 Å². The van der Waals surface area contributed by atoms with Gasteiger partial charge >= 0.3 is 0 Å². The monoisotopic (exact) mass is 462 g/mol. The highest BCUT2D eigenvalue weighted by atomic mass is 32.2. The predicted molar refractivity (Wildman–Crippen MR) is 118 cm³/mol.